The van der Waals surface area contributed by atoms with E-state index in [4.69, 9.17) is 0 Å². The van der Waals surface area contributed by atoms with Gasteiger partial charge in [-0.05, 0) is 32.9 Å². The second-order valence-corrected chi connectivity index (χ2v) is 8.83. The molecule has 1 unspecified atom stereocenters. The highest BCUT2D eigenvalue weighted by Gasteiger charge is 2.28. The molecule has 166 valence electrons. The zero-order chi connectivity index (χ0) is 24.1. The minimum atomic E-state index is -1.49. The molecular formula is C21H16FIN2O7. The Kier molecular flexibility index (Phi) is 6.05. The van der Waals surface area contributed by atoms with E-state index in [2.05, 4.69) is 4.98 Å². The molecule has 0 bridgehead atoms. The van der Waals surface area contributed by atoms with E-state index in [9.17, 15) is 34.5 Å². The van der Waals surface area contributed by atoms with Gasteiger partial charge in [0, 0.05) is 22.7 Å². The Balaban J connectivity index is 2.59. The molecule has 32 heavy (non-hydrogen) atoms. The third-order valence-corrected chi connectivity index (χ3v) is 5.59. The average molecular weight is 554 g/mol. The van der Waals surface area contributed by atoms with Crippen molar-refractivity contribution in [3.8, 4) is 11.1 Å². The molecule has 0 aliphatic heterocycles. The highest BCUT2D eigenvalue weighted by molar-refractivity contribution is 14.1. The van der Waals surface area contributed by atoms with Crippen molar-refractivity contribution in [1.29, 1.82) is 0 Å². The second-order valence-electron chi connectivity index (χ2n) is 7.03. The largest absolute Gasteiger partial charge is 0.478 e. The van der Waals surface area contributed by atoms with Crippen LogP contribution >= 0.6 is 22.6 Å². The van der Waals surface area contributed by atoms with Gasteiger partial charge >= 0.3 is 17.9 Å². The molecule has 0 aliphatic rings. The van der Waals surface area contributed by atoms with Gasteiger partial charge < -0.3 is 19.9 Å². The van der Waals surface area contributed by atoms with Crippen molar-refractivity contribution < 1.29 is 34.1 Å². The van der Waals surface area contributed by atoms with Crippen molar-refractivity contribution in [1.82, 2.24) is 9.55 Å². The van der Waals surface area contributed by atoms with E-state index in [0.717, 1.165) is 12.3 Å². The lowest BCUT2D eigenvalue weighted by Gasteiger charge is -2.19. The summed E-state index contributed by atoms with van der Waals surface area (Å²) in [6.07, 6.45) is 1.12. The first-order valence-corrected chi connectivity index (χ1v) is 10.3. The summed E-state index contributed by atoms with van der Waals surface area (Å²) < 4.78 is 16.3. The van der Waals surface area contributed by atoms with Crippen LogP contribution in [-0.4, -0.2) is 42.8 Å². The molecule has 0 saturated heterocycles. The number of benzene rings is 1. The molecule has 2 aromatic heterocycles. The molecule has 3 rings (SSSR count). The van der Waals surface area contributed by atoms with Crippen LogP contribution in [0.5, 0.6) is 0 Å². The predicted molar refractivity (Wildman–Crippen MR) is 120 cm³/mol. The number of rotatable bonds is 5. The van der Waals surface area contributed by atoms with Crippen LogP contribution in [0.1, 0.15) is 53.4 Å². The fourth-order valence-electron chi connectivity index (χ4n) is 3.65. The quantitative estimate of drug-likeness (QED) is 0.318. The summed E-state index contributed by atoms with van der Waals surface area (Å²) in [4.78, 5) is 52.0. The Hall–Kier alpha value is -3.35. The SMILES string of the molecule is Cc1nc(C)c(C(=O)O)c(-c2cc3c(cc2F)c(=O)c(C(=O)O)cn3C(C)I)c1C(=O)O. The van der Waals surface area contributed by atoms with E-state index in [-0.39, 0.29) is 37.5 Å². The molecule has 3 aromatic rings. The summed E-state index contributed by atoms with van der Waals surface area (Å²) in [6.45, 7) is 4.43. The van der Waals surface area contributed by atoms with Crippen molar-refractivity contribution in [2.24, 2.45) is 0 Å². The van der Waals surface area contributed by atoms with Gasteiger partial charge in [0.15, 0.2) is 0 Å². The average Bonchev–Trinajstić information content (AvgIpc) is 2.66. The zero-order valence-corrected chi connectivity index (χ0v) is 19.1. The van der Waals surface area contributed by atoms with Crippen LogP contribution in [-0.2, 0) is 0 Å². The third-order valence-electron chi connectivity index (χ3n) is 4.99. The maximum atomic E-state index is 15.3. The van der Waals surface area contributed by atoms with Crippen molar-refractivity contribution in [3.05, 3.63) is 62.4 Å². The molecule has 2 heterocycles. The van der Waals surface area contributed by atoms with Crippen LogP contribution < -0.4 is 5.43 Å². The number of aryl methyl sites for hydroxylation is 2. The molecule has 9 nitrogen and oxygen atoms in total. The highest BCUT2D eigenvalue weighted by atomic mass is 127. The van der Waals surface area contributed by atoms with Crippen LogP contribution in [0.15, 0.2) is 23.1 Å². The van der Waals surface area contributed by atoms with Crippen molar-refractivity contribution >= 4 is 51.4 Å². The van der Waals surface area contributed by atoms with Gasteiger partial charge in [0.25, 0.3) is 0 Å². The number of aromatic nitrogens is 2. The number of pyridine rings is 2. The molecule has 0 fully saturated rings. The highest BCUT2D eigenvalue weighted by Crippen LogP contribution is 2.36. The summed E-state index contributed by atoms with van der Waals surface area (Å²) in [7, 11) is 0. The molecule has 3 N–H and O–H groups in total. The molecule has 0 saturated carbocycles. The van der Waals surface area contributed by atoms with Gasteiger partial charge in [0.2, 0.25) is 5.43 Å². The van der Waals surface area contributed by atoms with Gasteiger partial charge in [-0.25, -0.2) is 18.8 Å². The summed E-state index contributed by atoms with van der Waals surface area (Å²) >= 11 is 1.96. The molecule has 1 aromatic carbocycles. The zero-order valence-electron chi connectivity index (χ0n) is 16.9. The van der Waals surface area contributed by atoms with E-state index in [1.165, 1.54) is 24.5 Å². The maximum absolute atomic E-state index is 15.3. The Morgan fingerprint density at radius 2 is 1.56 bits per heavy atom. The third kappa shape index (κ3) is 3.72. The van der Waals surface area contributed by atoms with Crippen LogP contribution in [0.25, 0.3) is 22.0 Å². The van der Waals surface area contributed by atoms with Crippen LogP contribution in [0, 0.1) is 19.7 Å². The lowest BCUT2D eigenvalue weighted by Crippen LogP contribution is -2.20. The number of nitrogens with zero attached hydrogens (tertiary/aromatic N) is 2. The number of carboxylic acids is 3. The Labute approximate surface area is 193 Å². The maximum Gasteiger partial charge on any atom is 0.341 e. The second kappa shape index (κ2) is 8.30. The first-order chi connectivity index (χ1) is 14.9. The summed E-state index contributed by atoms with van der Waals surface area (Å²) in [6, 6.07) is 1.97. The van der Waals surface area contributed by atoms with Crippen LogP contribution in [0.2, 0.25) is 0 Å². The van der Waals surface area contributed by atoms with Gasteiger partial charge in [-0.2, -0.15) is 0 Å². The minimum absolute atomic E-state index is 0.00429. The smallest absolute Gasteiger partial charge is 0.341 e. The van der Waals surface area contributed by atoms with Crippen molar-refractivity contribution in [2.75, 3.05) is 0 Å². The number of carbonyl (C=O) groups is 3. The first kappa shape index (κ1) is 23.3. The fraction of sp³-hybridized carbons (Fsp3) is 0.190. The molecule has 0 spiro atoms. The fourth-order valence-corrected chi connectivity index (χ4v) is 4.11. The number of hydrogen-bond acceptors (Lipinski definition) is 5. The van der Waals surface area contributed by atoms with Crippen molar-refractivity contribution in [3.63, 3.8) is 0 Å². The molecule has 0 aliphatic carbocycles. The molecule has 0 radical (unpaired) electrons. The van der Waals surface area contributed by atoms with E-state index in [0.29, 0.717) is 0 Å². The lowest BCUT2D eigenvalue weighted by atomic mass is 9.91. The number of hydrogen-bond donors (Lipinski definition) is 3. The number of halogens is 2. The lowest BCUT2D eigenvalue weighted by molar-refractivity contribution is 0.0680. The van der Waals surface area contributed by atoms with Gasteiger partial charge in [-0.15, -0.1) is 0 Å². The summed E-state index contributed by atoms with van der Waals surface area (Å²) in [5.74, 6) is -5.53. The Morgan fingerprint density at radius 3 is 2.00 bits per heavy atom. The first-order valence-electron chi connectivity index (χ1n) is 9.10. The molecule has 1 atom stereocenters. The number of fused-ring (bicyclic) bond motifs is 1. The van der Waals surface area contributed by atoms with E-state index >= 15 is 4.39 Å². The standard InChI is InChI=1S/C21H16FIN2O7/c1-7-15(20(29)30)17(16(21(31)32)8(2)24-7)10-5-14-11(4-13(10)22)18(26)12(19(27)28)6-25(14)9(3)23/h4-6,9H,1-3H3,(H,27,28)(H,29,30)(H,31,32). The molecule has 11 heteroatoms. The van der Waals surface area contributed by atoms with Crippen LogP contribution in [0.3, 0.4) is 0 Å². The Bertz CT molecular complexity index is 1360. The monoisotopic (exact) mass is 554 g/mol. The van der Waals surface area contributed by atoms with Gasteiger partial charge in [-0.1, -0.05) is 22.6 Å². The van der Waals surface area contributed by atoms with Crippen molar-refractivity contribution in [2.45, 2.75) is 24.8 Å². The van der Waals surface area contributed by atoms with E-state index < -0.39 is 45.8 Å². The van der Waals surface area contributed by atoms with Gasteiger partial charge in [0.05, 0.1) is 32.1 Å². The molecular weight excluding hydrogens is 538 g/mol. The number of alkyl halides is 1. The summed E-state index contributed by atoms with van der Waals surface area (Å²) in [5.41, 5.74) is -3.05. The topological polar surface area (TPSA) is 147 Å². The number of carboxylic acid groups (broad SMARTS) is 3. The van der Waals surface area contributed by atoms with Gasteiger partial charge in [0.1, 0.15) is 11.4 Å². The van der Waals surface area contributed by atoms with E-state index in [1.807, 2.05) is 22.6 Å². The minimum Gasteiger partial charge on any atom is -0.478 e. The van der Waals surface area contributed by atoms with Crippen LogP contribution in [0.4, 0.5) is 4.39 Å². The normalized spacial score (nSPS) is 12.0. The molecule has 0 amide bonds. The van der Waals surface area contributed by atoms with Gasteiger partial charge in [-0.3, -0.25) is 9.78 Å². The number of aromatic carboxylic acids is 3. The summed E-state index contributed by atoms with van der Waals surface area (Å²) in [5, 5.41) is 28.5. The van der Waals surface area contributed by atoms with E-state index in [1.54, 1.807) is 6.92 Å². The predicted octanol–water partition coefficient (Wildman–Crippen LogP) is 3.87. The Morgan fingerprint density at radius 1 is 1.03 bits per heavy atom.